The van der Waals surface area contributed by atoms with Crippen LogP contribution < -0.4 is 4.90 Å². The van der Waals surface area contributed by atoms with Crippen molar-refractivity contribution in [3.63, 3.8) is 0 Å². The Morgan fingerprint density at radius 3 is 2.87 bits per heavy atom. The Morgan fingerprint density at radius 2 is 2.20 bits per heavy atom. The smallest absolute Gasteiger partial charge is 0.0472 e. The predicted octanol–water partition coefficient (Wildman–Crippen LogP) is 1.99. The molecule has 0 fully saturated rings. The summed E-state index contributed by atoms with van der Waals surface area (Å²) in [7, 11) is 0. The summed E-state index contributed by atoms with van der Waals surface area (Å²) in [6.07, 6.45) is 1.92. The molecule has 0 aromatic heterocycles. The lowest BCUT2D eigenvalue weighted by molar-refractivity contribution is 0.299. The zero-order valence-electron chi connectivity index (χ0n) is 9.53. The van der Waals surface area contributed by atoms with E-state index in [0.717, 1.165) is 19.4 Å². The molecule has 1 heterocycles. The number of benzene rings is 1. The molecule has 0 radical (unpaired) electrons. The summed E-state index contributed by atoms with van der Waals surface area (Å²) in [6.45, 7) is 5.81. The lowest BCUT2D eigenvalue weighted by atomic mass is 10.0. The molecule has 0 amide bonds. The van der Waals surface area contributed by atoms with Crippen LogP contribution in [0.3, 0.4) is 0 Å². The topological polar surface area (TPSA) is 23.5 Å². The number of rotatable bonds is 3. The average Bonchev–Trinajstić information content (AvgIpc) is 2.62. The highest BCUT2D eigenvalue weighted by molar-refractivity contribution is 5.64. The highest BCUT2D eigenvalue weighted by Gasteiger charge is 2.23. The van der Waals surface area contributed by atoms with Crippen molar-refractivity contribution in [2.45, 2.75) is 32.7 Å². The van der Waals surface area contributed by atoms with Crippen LogP contribution in [0.5, 0.6) is 0 Å². The Hall–Kier alpha value is -1.02. The monoisotopic (exact) mass is 205 g/mol. The number of para-hydroxylation sites is 1. The summed E-state index contributed by atoms with van der Waals surface area (Å²) in [5.74, 6) is 0. The van der Waals surface area contributed by atoms with E-state index in [1.807, 2.05) is 0 Å². The van der Waals surface area contributed by atoms with Gasteiger partial charge in [0, 0.05) is 24.9 Å². The number of anilines is 1. The zero-order valence-corrected chi connectivity index (χ0v) is 9.53. The molecule has 0 atom stereocenters. The van der Waals surface area contributed by atoms with Crippen LogP contribution in [0.2, 0.25) is 0 Å². The van der Waals surface area contributed by atoms with E-state index in [2.05, 4.69) is 36.9 Å². The van der Waals surface area contributed by atoms with Gasteiger partial charge in [0.25, 0.3) is 0 Å². The second-order valence-electron chi connectivity index (χ2n) is 4.44. The van der Waals surface area contributed by atoms with Gasteiger partial charge in [-0.1, -0.05) is 18.2 Å². The fourth-order valence-electron chi connectivity index (χ4n) is 2.41. The molecule has 2 heteroatoms. The van der Waals surface area contributed by atoms with Gasteiger partial charge in [0.15, 0.2) is 0 Å². The number of aliphatic hydroxyl groups is 1. The van der Waals surface area contributed by atoms with Gasteiger partial charge < -0.3 is 10.0 Å². The average molecular weight is 205 g/mol. The molecule has 1 aliphatic rings. The third-order valence-corrected chi connectivity index (χ3v) is 3.12. The molecule has 2 nitrogen and oxygen atoms in total. The van der Waals surface area contributed by atoms with E-state index in [0.29, 0.717) is 6.04 Å². The van der Waals surface area contributed by atoms with Crippen LogP contribution in [0.1, 0.15) is 25.0 Å². The Bertz CT molecular complexity index is 346. The highest BCUT2D eigenvalue weighted by Crippen LogP contribution is 2.33. The first-order valence-electron chi connectivity index (χ1n) is 5.72. The first kappa shape index (κ1) is 10.5. The third kappa shape index (κ3) is 1.86. The van der Waals surface area contributed by atoms with Gasteiger partial charge >= 0.3 is 0 Å². The molecule has 0 bridgehead atoms. The van der Waals surface area contributed by atoms with Crippen LogP contribution >= 0.6 is 0 Å². The molecule has 1 aromatic carbocycles. The van der Waals surface area contributed by atoms with Crippen molar-refractivity contribution in [2.75, 3.05) is 18.1 Å². The van der Waals surface area contributed by atoms with Crippen molar-refractivity contribution in [1.82, 2.24) is 0 Å². The molecule has 0 saturated carbocycles. The van der Waals surface area contributed by atoms with Crippen LogP contribution in [0, 0.1) is 0 Å². The van der Waals surface area contributed by atoms with Gasteiger partial charge in [0.1, 0.15) is 0 Å². The van der Waals surface area contributed by atoms with Crippen molar-refractivity contribution in [2.24, 2.45) is 0 Å². The predicted molar refractivity (Wildman–Crippen MR) is 63.4 cm³/mol. The van der Waals surface area contributed by atoms with Crippen molar-refractivity contribution in [3.05, 3.63) is 29.3 Å². The molecular weight excluding hydrogens is 186 g/mol. The Morgan fingerprint density at radius 1 is 1.40 bits per heavy atom. The molecule has 0 unspecified atom stereocenters. The van der Waals surface area contributed by atoms with Gasteiger partial charge in [0.05, 0.1) is 0 Å². The van der Waals surface area contributed by atoms with E-state index in [-0.39, 0.29) is 6.61 Å². The first-order chi connectivity index (χ1) is 7.24. The molecule has 82 valence electrons. The van der Waals surface area contributed by atoms with Gasteiger partial charge in [-0.05, 0) is 37.8 Å². The second kappa shape index (κ2) is 4.23. The number of hydrogen-bond donors (Lipinski definition) is 1. The quantitative estimate of drug-likeness (QED) is 0.815. The third-order valence-electron chi connectivity index (χ3n) is 3.12. The Labute approximate surface area is 91.5 Å². The Balaban J connectivity index is 2.39. The van der Waals surface area contributed by atoms with Crippen molar-refractivity contribution in [1.29, 1.82) is 0 Å². The largest absolute Gasteiger partial charge is 0.396 e. The van der Waals surface area contributed by atoms with Gasteiger partial charge in [-0.25, -0.2) is 0 Å². The highest BCUT2D eigenvalue weighted by atomic mass is 16.2. The van der Waals surface area contributed by atoms with Gasteiger partial charge in [-0.3, -0.25) is 0 Å². The van der Waals surface area contributed by atoms with Gasteiger partial charge in [0.2, 0.25) is 0 Å². The van der Waals surface area contributed by atoms with E-state index in [9.17, 15) is 0 Å². The summed E-state index contributed by atoms with van der Waals surface area (Å²) in [5.41, 5.74) is 4.11. The lowest BCUT2D eigenvalue weighted by Gasteiger charge is -2.26. The number of hydrogen-bond acceptors (Lipinski definition) is 2. The Kier molecular flexibility index (Phi) is 2.96. The molecule has 2 rings (SSSR count). The van der Waals surface area contributed by atoms with Crippen molar-refractivity contribution in [3.8, 4) is 0 Å². The van der Waals surface area contributed by atoms with Crippen molar-refractivity contribution >= 4 is 5.69 Å². The van der Waals surface area contributed by atoms with Crippen LogP contribution in [0.4, 0.5) is 5.69 Å². The van der Waals surface area contributed by atoms with Gasteiger partial charge in [-0.15, -0.1) is 0 Å². The summed E-state index contributed by atoms with van der Waals surface area (Å²) in [6, 6.07) is 6.99. The van der Waals surface area contributed by atoms with E-state index < -0.39 is 0 Å². The molecular formula is C13H19NO. The molecule has 0 spiro atoms. The molecule has 1 aliphatic heterocycles. The van der Waals surface area contributed by atoms with Crippen LogP contribution in [-0.4, -0.2) is 24.3 Å². The number of nitrogens with zero attached hydrogens (tertiary/aromatic N) is 1. The first-order valence-corrected chi connectivity index (χ1v) is 5.72. The molecule has 0 aliphatic carbocycles. The van der Waals surface area contributed by atoms with Crippen molar-refractivity contribution < 1.29 is 5.11 Å². The van der Waals surface area contributed by atoms with Crippen LogP contribution in [0.15, 0.2) is 18.2 Å². The summed E-state index contributed by atoms with van der Waals surface area (Å²) in [5, 5.41) is 9.06. The summed E-state index contributed by atoms with van der Waals surface area (Å²) in [4.78, 5) is 2.44. The minimum absolute atomic E-state index is 0.238. The summed E-state index contributed by atoms with van der Waals surface area (Å²) < 4.78 is 0. The van der Waals surface area contributed by atoms with Crippen LogP contribution in [-0.2, 0) is 12.8 Å². The van der Waals surface area contributed by atoms with Crippen LogP contribution in [0.25, 0.3) is 0 Å². The van der Waals surface area contributed by atoms with E-state index >= 15 is 0 Å². The summed E-state index contributed by atoms with van der Waals surface area (Å²) >= 11 is 0. The SMILES string of the molecule is CC(C)N1CCc2cccc(CCO)c21. The maximum absolute atomic E-state index is 9.06. The van der Waals surface area contributed by atoms with Gasteiger partial charge in [-0.2, -0.15) is 0 Å². The standard InChI is InChI=1S/C13H19NO/c1-10(2)14-8-6-11-4-3-5-12(7-9-15)13(11)14/h3-5,10,15H,6-9H2,1-2H3. The number of fused-ring (bicyclic) bond motifs is 1. The second-order valence-corrected chi connectivity index (χ2v) is 4.44. The fraction of sp³-hybridized carbons (Fsp3) is 0.538. The minimum Gasteiger partial charge on any atom is -0.396 e. The molecule has 15 heavy (non-hydrogen) atoms. The fourth-order valence-corrected chi connectivity index (χ4v) is 2.41. The normalized spacial score (nSPS) is 14.8. The minimum atomic E-state index is 0.238. The van der Waals surface area contributed by atoms with E-state index in [1.54, 1.807) is 0 Å². The maximum Gasteiger partial charge on any atom is 0.0472 e. The van der Waals surface area contributed by atoms with E-state index in [4.69, 9.17) is 5.11 Å². The van der Waals surface area contributed by atoms with E-state index in [1.165, 1.54) is 16.8 Å². The lowest BCUT2D eigenvalue weighted by Crippen LogP contribution is -2.29. The maximum atomic E-state index is 9.06. The molecule has 1 aromatic rings. The molecule has 0 saturated heterocycles. The molecule has 1 N–H and O–H groups in total. The zero-order chi connectivity index (χ0) is 10.8. The number of aliphatic hydroxyl groups excluding tert-OH is 1.